The molecular formula is C25H31FN4O5. The van der Waals surface area contributed by atoms with E-state index in [0.717, 1.165) is 5.56 Å². The van der Waals surface area contributed by atoms with Crippen LogP contribution in [0, 0.1) is 11.2 Å². The number of hydrogen-bond donors (Lipinski definition) is 5. The molecule has 0 aliphatic rings. The second kappa shape index (κ2) is 10.9. The lowest BCUT2D eigenvalue weighted by atomic mass is 9.86. The molecule has 0 spiro atoms. The zero-order valence-electron chi connectivity index (χ0n) is 19.9. The summed E-state index contributed by atoms with van der Waals surface area (Å²) in [5.41, 5.74) is 0.967. The van der Waals surface area contributed by atoms with Crippen LogP contribution < -0.4 is 10.6 Å². The zero-order valence-corrected chi connectivity index (χ0v) is 19.9. The third-order valence-electron chi connectivity index (χ3n) is 5.64. The van der Waals surface area contributed by atoms with Gasteiger partial charge in [0, 0.05) is 11.9 Å². The Bertz CT molecular complexity index is 1170. The van der Waals surface area contributed by atoms with Gasteiger partial charge in [-0.25, -0.2) is 4.39 Å². The average Bonchev–Trinajstić information content (AvgIpc) is 3.19. The maximum atomic E-state index is 13.3. The summed E-state index contributed by atoms with van der Waals surface area (Å²) in [5.74, 6) is -1.45. The molecule has 0 radical (unpaired) electrons. The predicted molar refractivity (Wildman–Crippen MR) is 128 cm³/mol. The third-order valence-corrected chi connectivity index (χ3v) is 5.64. The predicted octanol–water partition coefficient (Wildman–Crippen LogP) is 1.20. The Hall–Kier alpha value is -3.34. The molecule has 0 fully saturated rings. The van der Waals surface area contributed by atoms with Gasteiger partial charge >= 0.3 is 0 Å². The van der Waals surface area contributed by atoms with E-state index in [0.29, 0.717) is 17.4 Å². The largest absolute Gasteiger partial charge is 0.394 e. The number of carbonyl (C=O) groups excluding carboxylic acids is 2. The highest BCUT2D eigenvalue weighted by Crippen LogP contribution is 2.23. The van der Waals surface area contributed by atoms with Crippen LogP contribution >= 0.6 is 0 Å². The number of nitrogens with zero attached hydrogens (tertiary/aromatic N) is 2. The number of rotatable bonds is 9. The van der Waals surface area contributed by atoms with Crippen LogP contribution in [0.1, 0.15) is 36.8 Å². The molecule has 3 aromatic rings. The highest BCUT2D eigenvalue weighted by Gasteiger charge is 2.34. The Labute approximate surface area is 202 Å². The van der Waals surface area contributed by atoms with Gasteiger partial charge in [-0.05, 0) is 29.2 Å². The van der Waals surface area contributed by atoms with Crippen molar-refractivity contribution >= 4 is 22.7 Å². The van der Waals surface area contributed by atoms with Crippen molar-refractivity contribution in [3.05, 3.63) is 65.6 Å². The number of fused-ring (bicyclic) bond motifs is 1. The van der Waals surface area contributed by atoms with Crippen LogP contribution in [0.2, 0.25) is 0 Å². The minimum Gasteiger partial charge on any atom is -0.394 e. The molecule has 188 valence electrons. The van der Waals surface area contributed by atoms with Gasteiger partial charge in [-0.3, -0.25) is 14.3 Å². The van der Waals surface area contributed by atoms with Crippen molar-refractivity contribution in [3.8, 4) is 0 Å². The fraction of sp³-hybridized carbons (Fsp3) is 0.400. The Kier molecular flexibility index (Phi) is 8.21. The van der Waals surface area contributed by atoms with Crippen molar-refractivity contribution in [1.29, 1.82) is 0 Å². The van der Waals surface area contributed by atoms with Gasteiger partial charge in [-0.2, -0.15) is 5.10 Å². The molecule has 1 aromatic heterocycles. The van der Waals surface area contributed by atoms with Crippen molar-refractivity contribution < 1.29 is 29.3 Å². The van der Waals surface area contributed by atoms with Gasteiger partial charge in [0.2, 0.25) is 5.91 Å². The van der Waals surface area contributed by atoms with Crippen LogP contribution in [0.5, 0.6) is 0 Å². The van der Waals surface area contributed by atoms with E-state index in [1.54, 1.807) is 49.7 Å². The molecule has 35 heavy (non-hydrogen) atoms. The number of amides is 2. The van der Waals surface area contributed by atoms with Crippen LogP contribution in [0.15, 0.2) is 48.5 Å². The quantitative estimate of drug-likeness (QED) is 0.308. The number of aliphatic hydroxyl groups excluding tert-OH is 3. The van der Waals surface area contributed by atoms with Crippen molar-refractivity contribution in [2.24, 2.45) is 5.41 Å². The van der Waals surface area contributed by atoms with Crippen molar-refractivity contribution in [2.75, 3.05) is 13.2 Å². The number of nitrogens with one attached hydrogen (secondary N) is 2. The van der Waals surface area contributed by atoms with E-state index in [4.69, 9.17) is 5.11 Å². The highest BCUT2D eigenvalue weighted by atomic mass is 19.1. The first-order valence-corrected chi connectivity index (χ1v) is 11.3. The van der Waals surface area contributed by atoms with Crippen molar-refractivity contribution in [1.82, 2.24) is 20.4 Å². The molecule has 2 amide bonds. The second-order valence-electron chi connectivity index (χ2n) is 9.48. The van der Waals surface area contributed by atoms with E-state index in [1.807, 2.05) is 12.1 Å². The summed E-state index contributed by atoms with van der Waals surface area (Å²) in [5, 5.41) is 38.6. The fourth-order valence-corrected chi connectivity index (χ4v) is 3.62. The molecule has 3 unspecified atom stereocenters. The molecule has 0 saturated heterocycles. The Morgan fingerprint density at radius 1 is 1.06 bits per heavy atom. The number of para-hydroxylation sites is 1. The maximum absolute atomic E-state index is 13.3. The van der Waals surface area contributed by atoms with E-state index in [9.17, 15) is 24.2 Å². The van der Waals surface area contributed by atoms with Crippen molar-refractivity contribution in [3.63, 3.8) is 0 Å². The summed E-state index contributed by atoms with van der Waals surface area (Å²) < 4.78 is 14.9. The lowest BCUT2D eigenvalue weighted by Gasteiger charge is -2.30. The molecule has 2 aromatic carbocycles. The van der Waals surface area contributed by atoms with Gasteiger partial charge in [0.05, 0.1) is 24.8 Å². The third kappa shape index (κ3) is 6.41. The SMILES string of the molecule is CC(C)(C)C(NC(=O)c1nn(Cc2ccc(F)cc2)c2ccccc12)C(=O)NCC(O)C(O)CO. The van der Waals surface area contributed by atoms with Crippen LogP contribution in [0.4, 0.5) is 4.39 Å². The molecule has 3 atom stereocenters. The Morgan fingerprint density at radius 3 is 2.34 bits per heavy atom. The van der Waals surface area contributed by atoms with E-state index in [2.05, 4.69) is 15.7 Å². The fourth-order valence-electron chi connectivity index (χ4n) is 3.62. The Balaban J connectivity index is 1.83. The second-order valence-corrected chi connectivity index (χ2v) is 9.48. The van der Waals surface area contributed by atoms with Crippen LogP contribution in [-0.4, -0.2) is 68.3 Å². The summed E-state index contributed by atoms with van der Waals surface area (Å²) in [6, 6.07) is 12.2. The van der Waals surface area contributed by atoms with Gasteiger partial charge in [-0.15, -0.1) is 0 Å². The maximum Gasteiger partial charge on any atom is 0.273 e. The van der Waals surface area contributed by atoms with E-state index in [-0.39, 0.29) is 18.1 Å². The van der Waals surface area contributed by atoms with E-state index < -0.39 is 42.1 Å². The van der Waals surface area contributed by atoms with Gasteiger partial charge in [0.25, 0.3) is 5.91 Å². The number of aliphatic hydroxyl groups is 3. The average molecular weight is 487 g/mol. The summed E-state index contributed by atoms with van der Waals surface area (Å²) >= 11 is 0. The molecule has 3 rings (SSSR count). The highest BCUT2D eigenvalue weighted by molar-refractivity contribution is 6.06. The smallest absolute Gasteiger partial charge is 0.273 e. The zero-order chi connectivity index (χ0) is 25.8. The van der Waals surface area contributed by atoms with Crippen molar-refractivity contribution in [2.45, 2.75) is 45.6 Å². The monoisotopic (exact) mass is 486 g/mol. The lowest BCUT2D eigenvalue weighted by molar-refractivity contribution is -0.126. The van der Waals surface area contributed by atoms with Gasteiger partial charge in [0.15, 0.2) is 5.69 Å². The molecule has 9 nitrogen and oxygen atoms in total. The summed E-state index contributed by atoms with van der Waals surface area (Å²) in [7, 11) is 0. The first-order chi connectivity index (χ1) is 16.5. The molecular weight excluding hydrogens is 455 g/mol. The number of aromatic nitrogens is 2. The normalized spacial score (nSPS) is 14.4. The minimum absolute atomic E-state index is 0.139. The van der Waals surface area contributed by atoms with E-state index in [1.165, 1.54) is 12.1 Å². The summed E-state index contributed by atoms with van der Waals surface area (Å²) in [6.07, 6.45) is -2.75. The van der Waals surface area contributed by atoms with Crippen LogP contribution in [0.3, 0.4) is 0 Å². The molecule has 5 N–H and O–H groups in total. The topological polar surface area (TPSA) is 137 Å². The molecule has 10 heteroatoms. The summed E-state index contributed by atoms with van der Waals surface area (Å²) in [4.78, 5) is 26.2. The first kappa shape index (κ1) is 26.3. The number of hydrogen-bond acceptors (Lipinski definition) is 6. The molecule has 0 saturated carbocycles. The standard InChI is InChI=1S/C25H31FN4O5/c1-25(2,3)22(24(35)27-12-19(32)20(33)14-31)28-23(34)21-17-6-4-5-7-18(17)30(29-21)13-15-8-10-16(26)11-9-15/h4-11,19-20,22,31-33H,12-14H2,1-3H3,(H,27,35)(H,28,34). The van der Waals surface area contributed by atoms with Crippen LogP contribution in [0.25, 0.3) is 10.9 Å². The van der Waals surface area contributed by atoms with Crippen LogP contribution in [-0.2, 0) is 11.3 Å². The first-order valence-electron chi connectivity index (χ1n) is 11.3. The van der Waals surface area contributed by atoms with E-state index >= 15 is 0 Å². The Morgan fingerprint density at radius 2 is 1.71 bits per heavy atom. The number of halogens is 1. The van der Waals surface area contributed by atoms with Gasteiger partial charge in [-0.1, -0.05) is 51.1 Å². The number of benzene rings is 2. The molecule has 0 aliphatic heterocycles. The minimum atomic E-state index is -1.39. The molecule has 0 bridgehead atoms. The number of carbonyl (C=O) groups is 2. The lowest BCUT2D eigenvalue weighted by Crippen LogP contribution is -2.55. The summed E-state index contributed by atoms with van der Waals surface area (Å²) in [6.45, 7) is 4.72. The van der Waals surface area contributed by atoms with Gasteiger partial charge < -0.3 is 26.0 Å². The van der Waals surface area contributed by atoms with Gasteiger partial charge in [0.1, 0.15) is 18.0 Å². The molecule has 0 aliphatic carbocycles. The molecule has 1 heterocycles.